The molecule has 0 bridgehead atoms. The summed E-state index contributed by atoms with van der Waals surface area (Å²) in [5.74, 6) is 0.539. The number of hydrogen-bond donors (Lipinski definition) is 1. The maximum atomic E-state index is 13.9. The van der Waals surface area contributed by atoms with Crippen molar-refractivity contribution in [2.24, 2.45) is 0 Å². The normalized spacial score (nSPS) is 14.6. The van der Waals surface area contributed by atoms with Gasteiger partial charge in [0.05, 0.1) is 29.5 Å². The van der Waals surface area contributed by atoms with Crippen LogP contribution in [0.25, 0.3) is 16.9 Å². The predicted octanol–water partition coefficient (Wildman–Crippen LogP) is 6.48. The second-order valence-corrected chi connectivity index (χ2v) is 11.6. The van der Waals surface area contributed by atoms with Gasteiger partial charge in [-0.15, -0.1) is 11.8 Å². The van der Waals surface area contributed by atoms with Crippen molar-refractivity contribution in [3.8, 4) is 22.7 Å². The van der Waals surface area contributed by atoms with Gasteiger partial charge in [0.15, 0.2) is 0 Å². The summed E-state index contributed by atoms with van der Waals surface area (Å²) in [5, 5.41) is 7.80. The fourth-order valence-electron chi connectivity index (χ4n) is 5.33. The Morgan fingerprint density at radius 2 is 1.75 bits per heavy atom. The molecule has 1 aliphatic rings. The molecule has 1 N–H and O–H groups in total. The molecule has 2 heterocycles. The first kappa shape index (κ1) is 29.2. The van der Waals surface area contributed by atoms with E-state index < -0.39 is 0 Å². The lowest BCUT2D eigenvalue weighted by Crippen LogP contribution is -2.42. The van der Waals surface area contributed by atoms with Crippen LogP contribution in [0.2, 0.25) is 0 Å². The molecule has 4 aromatic carbocycles. The zero-order chi connectivity index (χ0) is 30.6. The fraction of sp³-hybridized carbons (Fsp3) is 0.171. The van der Waals surface area contributed by atoms with E-state index >= 15 is 0 Å². The Balaban J connectivity index is 1.50. The molecule has 5 aromatic rings. The highest BCUT2D eigenvalue weighted by Gasteiger charge is 2.37. The first-order valence-electron chi connectivity index (χ1n) is 14.2. The van der Waals surface area contributed by atoms with E-state index in [9.17, 15) is 14.0 Å². The zero-order valence-corrected chi connectivity index (χ0v) is 25.2. The Kier molecular flexibility index (Phi) is 8.47. The van der Waals surface area contributed by atoms with Crippen molar-refractivity contribution in [3.05, 3.63) is 131 Å². The third-order valence-corrected chi connectivity index (χ3v) is 8.76. The van der Waals surface area contributed by atoms with Crippen LogP contribution in [-0.4, -0.2) is 41.0 Å². The molecule has 0 saturated carbocycles. The highest BCUT2D eigenvalue weighted by atomic mass is 32.2. The maximum Gasteiger partial charge on any atom is 0.240 e. The number of amides is 2. The van der Waals surface area contributed by atoms with Gasteiger partial charge in [-0.05, 0) is 54.4 Å². The van der Waals surface area contributed by atoms with E-state index in [1.807, 2.05) is 73.7 Å². The van der Waals surface area contributed by atoms with Crippen molar-refractivity contribution in [2.45, 2.75) is 18.7 Å². The van der Waals surface area contributed by atoms with Crippen LogP contribution in [0, 0.1) is 12.7 Å². The van der Waals surface area contributed by atoms with E-state index in [1.165, 1.54) is 23.9 Å². The van der Waals surface area contributed by atoms with Crippen LogP contribution < -0.4 is 15.0 Å². The number of nitrogens with zero attached hydrogens (tertiary/aromatic N) is 3. The standard InChI is InChI=1S/C35H31FN4O3S/c1-23-7-6-10-26(19-23)34-32-33(25-8-4-3-5-9-25)38-40(28-15-17-29(43-2)18-16-28)35(32)39(31(42)22-44-34)21-30(41)37-20-24-11-13-27(36)14-12-24/h3-19,34H,20-22H2,1-2H3,(H,37,41)/t34-/m0/s1. The van der Waals surface area contributed by atoms with Crippen LogP contribution in [0.3, 0.4) is 0 Å². The average molecular weight is 607 g/mol. The van der Waals surface area contributed by atoms with Gasteiger partial charge in [0.1, 0.15) is 23.9 Å². The lowest BCUT2D eigenvalue weighted by Gasteiger charge is -2.23. The number of nitrogens with one attached hydrogen (secondary N) is 1. The Labute approximate surface area is 259 Å². The molecule has 1 atom stereocenters. The number of thioether (sulfide) groups is 1. The Morgan fingerprint density at radius 1 is 1.00 bits per heavy atom. The highest BCUT2D eigenvalue weighted by Crippen LogP contribution is 2.48. The average Bonchev–Trinajstić information content (AvgIpc) is 3.37. The number of halogens is 1. The van der Waals surface area contributed by atoms with Gasteiger partial charge in [-0.1, -0.05) is 72.3 Å². The summed E-state index contributed by atoms with van der Waals surface area (Å²) >= 11 is 1.53. The number of fused-ring (bicyclic) bond motifs is 1. The second kappa shape index (κ2) is 12.8. The first-order valence-corrected chi connectivity index (χ1v) is 15.3. The van der Waals surface area contributed by atoms with Crippen molar-refractivity contribution in [1.29, 1.82) is 0 Å². The van der Waals surface area contributed by atoms with E-state index in [4.69, 9.17) is 9.84 Å². The minimum atomic E-state index is -0.343. The van der Waals surface area contributed by atoms with Gasteiger partial charge < -0.3 is 10.1 Å². The number of aromatic nitrogens is 2. The van der Waals surface area contributed by atoms with Crippen LogP contribution in [0.5, 0.6) is 5.75 Å². The minimum absolute atomic E-state index is 0.176. The first-order chi connectivity index (χ1) is 21.4. The van der Waals surface area contributed by atoms with E-state index in [1.54, 1.807) is 28.8 Å². The molecule has 0 saturated heterocycles. The number of rotatable bonds is 8. The fourth-order valence-corrected chi connectivity index (χ4v) is 6.52. The number of carbonyl (C=O) groups is 2. The van der Waals surface area contributed by atoms with Crippen LogP contribution in [0.4, 0.5) is 10.2 Å². The predicted molar refractivity (Wildman–Crippen MR) is 172 cm³/mol. The van der Waals surface area contributed by atoms with E-state index in [-0.39, 0.29) is 41.7 Å². The molecule has 1 aliphatic heterocycles. The summed E-state index contributed by atoms with van der Waals surface area (Å²) in [4.78, 5) is 28.9. The number of methoxy groups -OCH3 is 1. The number of hydrogen-bond acceptors (Lipinski definition) is 5. The number of benzene rings is 4. The van der Waals surface area contributed by atoms with E-state index in [2.05, 4.69) is 17.4 Å². The van der Waals surface area contributed by atoms with Crippen molar-refractivity contribution < 1.29 is 18.7 Å². The van der Waals surface area contributed by atoms with Gasteiger partial charge in [0.25, 0.3) is 0 Å². The summed E-state index contributed by atoms with van der Waals surface area (Å²) < 4.78 is 20.5. The number of ether oxygens (including phenoxy) is 1. The molecule has 7 nitrogen and oxygen atoms in total. The molecule has 0 radical (unpaired) electrons. The van der Waals surface area contributed by atoms with Gasteiger partial charge in [0.2, 0.25) is 11.8 Å². The monoisotopic (exact) mass is 606 g/mol. The topological polar surface area (TPSA) is 76.5 Å². The lowest BCUT2D eigenvalue weighted by atomic mass is 9.98. The van der Waals surface area contributed by atoms with Crippen molar-refractivity contribution in [1.82, 2.24) is 15.1 Å². The third kappa shape index (κ3) is 6.09. The summed E-state index contributed by atoms with van der Waals surface area (Å²) in [6.45, 7) is 2.06. The SMILES string of the molecule is COc1ccc(-n2nc(-c3ccccc3)c3c2N(CC(=O)NCc2ccc(F)cc2)C(=O)CS[C@H]3c2cccc(C)c2)cc1. The van der Waals surface area contributed by atoms with Crippen LogP contribution in [-0.2, 0) is 16.1 Å². The third-order valence-electron chi connectivity index (χ3n) is 7.50. The Morgan fingerprint density at radius 3 is 2.45 bits per heavy atom. The minimum Gasteiger partial charge on any atom is -0.497 e. The molecule has 222 valence electrons. The molecule has 6 rings (SSSR count). The van der Waals surface area contributed by atoms with Gasteiger partial charge >= 0.3 is 0 Å². The smallest absolute Gasteiger partial charge is 0.240 e. The summed E-state index contributed by atoms with van der Waals surface area (Å²) in [6.07, 6.45) is 0. The quantitative estimate of drug-likeness (QED) is 0.219. The van der Waals surface area contributed by atoms with Crippen molar-refractivity contribution in [3.63, 3.8) is 0 Å². The maximum absolute atomic E-state index is 13.9. The van der Waals surface area contributed by atoms with Crippen LogP contribution in [0.1, 0.15) is 27.5 Å². The Hall–Kier alpha value is -4.89. The molecular weight excluding hydrogens is 575 g/mol. The summed E-state index contributed by atoms with van der Waals surface area (Å²) in [7, 11) is 1.61. The molecular formula is C35H31FN4O3S. The van der Waals surface area contributed by atoms with E-state index in [0.29, 0.717) is 11.6 Å². The highest BCUT2D eigenvalue weighted by molar-refractivity contribution is 8.00. The molecule has 0 unspecified atom stereocenters. The molecule has 2 amide bonds. The second-order valence-electron chi connectivity index (χ2n) is 10.6. The van der Waals surface area contributed by atoms with Gasteiger partial charge in [-0.2, -0.15) is 5.10 Å². The summed E-state index contributed by atoms with van der Waals surface area (Å²) in [5.41, 5.74) is 6.15. The zero-order valence-electron chi connectivity index (χ0n) is 24.4. The van der Waals surface area contributed by atoms with Crippen molar-refractivity contribution in [2.75, 3.05) is 24.3 Å². The van der Waals surface area contributed by atoms with Crippen LogP contribution in [0.15, 0.2) is 103 Å². The molecule has 0 fully saturated rings. The Bertz CT molecular complexity index is 1790. The number of anilines is 1. The van der Waals surface area contributed by atoms with E-state index in [0.717, 1.165) is 39.2 Å². The lowest BCUT2D eigenvalue weighted by molar-refractivity contribution is -0.123. The molecule has 0 spiro atoms. The molecule has 44 heavy (non-hydrogen) atoms. The largest absolute Gasteiger partial charge is 0.497 e. The van der Waals surface area contributed by atoms with Crippen molar-refractivity contribution >= 4 is 29.4 Å². The molecule has 1 aromatic heterocycles. The number of carbonyl (C=O) groups excluding carboxylic acids is 2. The summed E-state index contributed by atoms with van der Waals surface area (Å²) in [6, 6.07) is 31.6. The van der Waals surface area contributed by atoms with Gasteiger partial charge in [0, 0.05) is 17.7 Å². The number of aryl methyl sites for hydroxylation is 1. The van der Waals surface area contributed by atoms with Gasteiger partial charge in [-0.25, -0.2) is 9.07 Å². The molecule has 0 aliphatic carbocycles. The van der Waals surface area contributed by atoms with Crippen LogP contribution >= 0.6 is 11.8 Å². The molecule has 9 heteroatoms. The van der Waals surface area contributed by atoms with Gasteiger partial charge in [-0.3, -0.25) is 14.5 Å².